The van der Waals surface area contributed by atoms with Crippen molar-refractivity contribution < 1.29 is 9.90 Å². The molecule has 0 aliphatic carbocycles. The van der Waals surface area contributed by atoms with Crippen molar-refractivity contribution >= 4 is 27.5 Å². The van der Waals surface area contributed by atoms with E-state index in [1.807, 2.05) is 73.8 Å². The predicted octanol–water partition coefficient (Wildman–Crippen LogP) is 5.58. The Labute approximate surface area is 165 Å². The number of unbranched alkanes of at least 4 members (excludes halogenated alkanes) is 1. The summed E-state index contributed by atoms with van der Waals surface area (Å²) >= 11 is 0. The number of ketones is 1. The molecule has 28 heavy (non-hydrogen) atoms. The van der Waals surface area contributed by atoms with Crippen LogP contribution in [0, 0.1) is 0 Å². The second kappa shape index (κ2) is 7.99. The third kappa shape index (κ3) is 3.58. The van der Waals surface area contributed by atoms with Gasteiger partial charge in [-0.25, -0.2) is 0 Å². The number of para-hydroxylation sites is 1. The van der Waals surface area contributed by atoms with Crippen LogP contribution in [-0.2, 0) is 6.54 Å². The Morgan fingerprint density at radius 2 is 1.61 bits per heavy atom. The van der Waals surface area contributed by atoms with Crippen molar-refractivity contribution in [3.63, 3.8) is 0 Å². The highest BCUT2D eigenvalue weighted by Gasteiger charge is 2.18. The number of carbonyl (C=O) groups is 1. The molecule has 142 valence electrons. The number of carbonyl (C=O) groups excluding carboxylic acids is 1. The minimum Gasteiger partial charge on any atom is -0.393 e. The van der Waals surface area contributed by atoms with Crippen molar-refractivity contribution in [2.45, 2.75) is 38.8 Å². The molecule has 0 aliphatic rings. The fourth-order valence-electron chi connectivity index (χ4n) is 3.90. The van der Waals surface area contributed by atoms with Crippen LogP contribution in [0.25, 0.3) is 21.7 Å². The summed E-state index contributed by atoms with van der Waals surface area (Å²) in [4.78, 5) is 13.5. The molecule has 3 nitrogen and oxygen atoms in total. The Morgan fingerprint density at radius 3 is 2.43 bits per heavy atom. The van der Waals surface area contributed by atoms with Gasteiger partial charge in [-0.3, -0.25) is 4.79 Å². The first-order valence-electron chi connectivity index (χ1n) is 9.93. The molecule has 0 bridgehead atoms. The molecule has 4 aromatic rings. The SMILES string of the molecule is C[C@H](O)CCCCn1cc(C(=O)c2cccc3ccccc23)c2ccccc21. The molecule has 0 saturated carbocycles. The monoisotopic (exact) mass is 371 g/mol. The number of nitrogens with zero attached hydrogens (tertiary/aromatic N) is 1. The number of hydrogen-bond acceptors (Lipinski definition) is 2. The molecule has 0 saturated heterocycles. The second-order valence-electron chi connectivity index (χ2n) is 7.45. The summed E-state index contributed by atoms with van der Waals surface area (Å²) in [5, 5.41) is 12.5. The van der Waals surface area contributed by atoms with E-state index in [2.05, 4.69) is 10.6 Å². The third-order valence-electron chi connectivity index (χ3n) is 5.34. The summed E-state index contributed by atoms with van der Waals surface area (Å²) in [6.45, 7) is 2.67. The maximum absolute atomic E-state index is 13.5. The van der Waals surface area contributed by atoms with Crippen molar-refractivity contribution in [2.75, 3.05) is 0 Å². The lowest BCUT2D eigenvalue weighted by molar-refractivity contribution is 0.104. The molecule has 0 aliphatic heterocycles. The third-order valence-corrected chi connectivity index (χ3v) is 5.34. The van der Waals surface area contributed by atoms with Gasteiger partial charge < -0.3 is 9.67 Å². The summed E-state index contributed by atoms with van der Waals surface area (Å²) in [6.07, 6.45) is 4.49. The molecule has 0 amide bonds. The fraction of sp³-hybridized carbons (Fsp3) is 0.240. The maximum Gasteiger partial charge on any atom is 0.195 e. The van der Waals surface area contributed by atoms with E-state index >= 15 is 0 Å². The molecule has 0 fully saturated rings. The van der Waals surface area contributed by atoms with Crippen molar-refractivity contribution in [1.29, 1.82) is 0 Å². The van der Waals surface area contributed by atoms with Gasteiger partial charge >= 0.3 is 0 Å². The molecular weight excluding hydrogens is 346 g/mol. The van der Waals surface area contributed by atoms with Gasteiger partial charge in [0.05, 0.1) is 6.10 Å². The Bertz CT molecular complexity index is 1120. The van der Waals surface area contributed by atoms with Crippen molar-refractivity contribution in [2.24, 2.45) is 0 Å². The predicted molar refractivity (Wildman–Crippen MR) is 115 cm³/mol. The van der Waals surface area contributed by atoms with Gasteiger partial charge in [0.1, 0.15) is 0 Å². The van der Waals surface area contributed by atoms with Crippen LogP contribution < -0.4 is 0 Å². The van der Waals surface area contributed by atoms with Crippen molar-refractivity contribution in [3.05, 3.63) is 84.1 Å². The zero-order valence-electron chi connectivity index (χ0n) is 16.1. The molecular formula is C25H25NO2. The van der Waals surface area contributed by atoms with Crippen LogP contribution in [0.3, 0.4) is 0 Å². The van der Waals surface area contributed by atoms with Gasteiger partial charge in [0.2, 0.25) is 0 Å². The zero-order chi connectivity index (χ0) is 19.5. The van der Waals surface area contributed by atoms with E-state index in [0.29, 0.717) is 0 Å². The molecule has 1 N–H and O–H groups in total. The summed E-state index contributed by atoms with van der Waals surface area (Å²) in [6, 6.07) is 22.0. The van der Waals surface area contributed by atoms with Gasteiger partial charge in [0.25, 0.3) is 0 Å². The molecule has 3 heteroatoms. The lowest BCUT2D eigenvalue weighted by atomic mass is 9.97. The minimum atomic E-state index is -0.259. The summed E-state index contributed by atoms with van der Waals surface area (Å²) in [5.74, 6) is 0.0655. The average Bonchev–Trinajstić information content (AvgIpc) is 3.09. The first-order valence-corrected chi connectivity index (χ1v) is 9.93. The number of benzene rings is 3. The van der Waals surface area contributed by atoms with Crippen LogP contribution in [-0.4, -0.2) is 21.6 Å². The number of fused-ring (bicyclic) bond motifs is 2. The molecule has 4 rings (SSSR count). The van der Waals surface area contributed by atoms with Crippen LogP contribution >= 0.6 is 0 Å². The quantitative estimate of drug-likeness (QED) is 0.340. The van der Waals surface area contributed by atoms with Gasteiger partial charge in [-0.2, -0.15) is 0 Å². The Morgan fingerprint density at radius 1 is 0.893 bits per heavy atom. The van der Waals surface area contributed by atoms with E-state index < -0.39 is 0 Å². The molecule has 0 spiro atoms. The average molecular weight is 371 g/mol. The normalized spacial score (nSPS) is 12.5. The maximum atomic E-state index is 13.5. The van der Waals surface area contributed by atoms with Crippen LogP contribution in [0.15, 0.2) is 72.9 Å². The highest BCUT2D eigenvalue weighted by Crippen LogP contribution is 2.27. The van der Waals surface area contributed by atoms with Crippen LogP contribution in [0.5, 0.6) is 0 Å². The number of aromatic nitrogens is 1. The molecule has 0 radical (unpaired) electrons. The van der Waals surface area contributed by atoms with E-state index in [-0.39, 0.29) is 11.9 Å². The molecule has 1 heterocycles. The lowest BCUT2D eigenvalue weighted by Gasteiger charge is -2.06. The first kappa shape index (κ1) is 18.5. The Hall–Kier alpha value is -2.91. The second-order valence-corrected chi connectivity index (χ2v) is 7.45. The first-order chi connectivity index (χ1) is 13.6. The van der Waals surface area contributed by atoms with Gasteiger partial charge in [-0.15, -0.1) is 0 Å². The van der Waals surface area contributed by atoms with Gasteiger partial charge in [0, 0.05) is 34.8 Å². The van der Waals surface area contributed by atoms with Gasteiger partial charge in [-0.1, -0.05) is 60.7 Å². The van der Waals surface area contributed by atoms with Crippen LogP contribution in [0.1, 0.15) is 42.1 Å². The van der Waals surface area contributed by atoms with Gasteiger partial charge in [0.15, 0.2) is 5.78 Å². The summed E-state index contributed by atoms with van der Waals surface area (Å²) < 4.78 is 2.18. The highest BCUT2D eigenvalue weighted by molar-refractivity contribution is 6.21. The minimum absolute atomic E-state index is 0.0655. The number of aryl methyl sites for hydroxylation is 1. The van der Waals surface area contributed by atoms with Crippen molar-refractivity contribution in [3.8, 4) is 0 Å². The number of aliphatic hydroxyl groups is 1. The van der Waals surface area contributed by atoms with Gasteiger partial charge in [-0.05, 0) is 43.0 Å². The Balaban J connectivity index is 1.71. The lowest BCUT2D eigenvalue weighted by Crippen LogP contribution is -2.03. The zero-order valence-corrected chi connectivity index (χ0v) is 16.1. The van der Waals surface area contributed by atoms with Crippen LogP contribution in [0.2, 0.25) is 0 Å². The van der Waals surface area contributed by atoms with E-state index in [4.69, 9.17) is 0 Å². The number of hydrogen-bond donors (Lipinski definition) is 1. The smallest absolute Gasteiger partial charge is 0.195 e. The van der Waals surface area contributed by atoms with E-state index in [9.17, 15) is 9.90 Å². The fourth-order valence-corrected chi connectivity index (χ4v) is 3.90. The van der Waals surface area contributed by atoms with E-state index in [1.165, 1.54) is 0 Å². The molecule has 1 atom stereocenters. The largest absolute Gasteiger partial charge is 0.393 e. The Kier molecular flexibility index (Phi) is 5.27. The summed E-state index contributed by atoms with van der Waals surface area (Å²) in [7, 11) is 0. The number of aliphatic hydroxyl groups excluding tert-OH is 1. The topological polar surface area (TPSA) is 42.2 Å². The highest BCUT2D eigenvalue weighted by atomic mass is 16.3. The summed E-state index contributed by atoms with van der Waals surface area (Å²) in [5.41, 5.74) is 2.58. The molecule has 3 aromatic carbocycles. The van der Waals surface area contributed by atoms with E-state index in [1.54, 1.807) is 0 Å². The van der Waals surface area contributed by atoms with Crippen LogP contribution in [0.4, 0.5) is 0 Å². The molecule has 0 unspecified atom stereocenters. The number of rotatable bonds is 7. The standard InChI is InChI=1S/C25H25NO2/c1-18(27)9-6-7-16-26-17-23(21-13-4-5-15-24(21)26)25(28)22-14-8-11-19-10-2-3-12-20(19)22/h2-5,8,10-15,17-18,27H,6-7,9,16H2,1H3/t18-/m0/s1. The van der Waals surface area contributed by atoms with Crippen molar-refractivity contribution in [1.82, 2.24) is 4.57 Å². The molecule has 1 aromatic heterocycles. The van der Waals surface area contributed by atoms with E-state index in [0.717, 1.165) is 58.6 Å².